The molecule has 3 amide bonds. The summed E-state index contributed by atoms with van der Waals surface area (Å²) >= 11 is 0. The lowest BCUT2D eigenvalue weighted by atomic mass is 10.1. The van der Waals surface area contributed by atoms with Crippen LogP contribution in [0.3, 0.4) is 0 Å². The van der Waals surface area contributed by atoms with Crippen LogP contribution in [0.4, 0.5) is 11.4 Å². The van der Waals surface area contributed by atoms with Gasteiger partial charge < -0.3 is 16.0 Å². The molecule has 1 aromatic carbocycles. The fourth-order valence-corrected chi connectivity index (χ4v) is 2.84. The third-order valence-corrected chi connectivity index (χ3v) is 4.14. The van der Waals surface area contributed by atoms with Crippen LogP contribution in [0.2, 0.25) is 0 Å². The Morgan fingerprint density at radius 2 is 2.00 bits per heavy atom. The van der Waals surface area contributed by atoms with Crippen molar-refractivity contribution >= 4 is 29.1 Å². The fourth-order valence-electron chi connectivity index (χ4n) is 2.84. The highest BCUT2D eigenvalue weighted by molar-refractivity contribution is 6.01. The van der Waals surface area contributed by atoms with E-state index >= 15 is 0 Å². The van der Waals surface area contributed by atoms with E-state index in [1.165, 1.54) is 0 Å². The molecule has 7 heteroatoms. The number of piperidine rings is 1. The number of amides is 3. The average molecular weight is 316 g/mol. The van der Waals surface area contributed by atoms with Crippen molar-refractivity contribution in [2.75, 3.05) is 23.7 Å². The summed E-state index contributed by atoms with van der Waals surface area (Å²) < 4.78 is 0. The van der Waals surface area contributed by atoms with E-state index in [4.69, 9.17) is 0 Å². The van der Waals surface area contributed by atoms with E-state index in [-0.39, 0.29) is 23.6 Å². The summed E-state index contributed by atoms with van der Waals surface area (Å²) in [7, 11) is 0. The molecule has 0 aliphatic carbocycles. The van der Waals surface area contributed by atoms with Crippen LogP contribution >= 0.6 is 0 Å². The lowest BCUT2D eigenvalue weighted by Gasteiger charge is -2.23. The molecule has 2 fully saturated rings. The van der Waals surface area contributed by atoms with Crippen molar-refractivity contribution in [1.29, 1.82) is 0 Å². The summed E-state index contributed by atoms with van der Waals surface area (Å²) in [5.41, 5.74) is 1.43. The first-order valence-corrected chi connectivity index (χ1v) is 7.84. The van der Waals surface area contributed by atoms with Crippen molar-refractivity contribution in [3.05, 3.63) is 24.3 Å². The number of imide groups is 1. The molecule has 2 aliphatic rings. The quantitative estimate of drug-likeness (QED) is 0.605. The van der Waals surface area contributed by atoms with Gasteiger partial charge in [-0.1, -0.05) is 6.07 Å². The van der Waals surface area contributed by atoms with E-state index in [9.17, 15) is 14.4 Å². The van der Waals surface area contributed by atoms with Gasteiger partial charge in [0.1, 0.15) is 6.04 Å². The SMILES string of the molecule is O=C1CCC(Nc2cccc(NC(=O)C3CCNC3)c2)C(=O)N1. The van der Waals surface area contributed by atoms with Gasteiger partial charge in [0.25, 0.3) is 0 Å². The standard InChI is InChI=1S/C16H20N4O3/c21-14-5-4-13(16(23)20-14)18-11-2-1-3-12(8-11)19-15(22)10-6-7-17-9-10/h1-3,8,10,13,17-18H,4-7,9H2,(H,19,22)(H,20,21,23). The minimum atomic E-state index is -0.433. The van der Waals surface area contributed by atoms with Gasteiger partial charge in [0.05, 0.1) is 5.92 Å². The number of carbonyl (C=O) groups is 3. The Balaban J connectivity index is 1.61. The zero-order chi connectivity index (χ0) is 16.2. The normalized spacial score (nSPS) is 24.2. The molecule has 4 N–H and O–H groups in total. The van der Waals surface area contributed by atoms with Gasteiger partial charge in [-0.15, -0.1) is 0 Å². The molecule has 7 nitrogen and oxygen atoms in total. The summed E-state index contributed by atoms with van der Waals surface area (Å²) in [6.07, 6.45) is 1.64. The first kappa shape index (κ1) is 15.5. The molecule has 2 heterocycles. The smallest absolute Gasteiger partial charge is 0.249 e. The van der Waals surface area contributed by atoms with Gasteiger partial charge in [-0.05, 0) is 37.6 Å². The summed E-state index contributed by atoms with van der Waals surface area (Å²) in [6, 6.07) is 6.82. The third-order valence-electron chi connectivity index (χ3n) is 4.14. The van der Waals surface area contributed by atoms with E-state index in [1.54, 1.807) is 6.07 Å². The summed E-state index contributed by atoms with van der Waals surface area (Å²) in [6.45, 7) is 1.58. The first-order chi connectivity index (χ1) is 11.1. The van der Waals surface area contributed by atoms with Gasteiger partial charge in [0.15, 0.2) is 0 Å². The van der Waals surface area contributed by atoms with E-state index in [2.05, 4.69) is 21.3 Å². The van der Waals surface area contributed by atoms with Gasteiger partial charge in [-0.25, -0.2) is 0 Å². The first-order valence-electron chi connectivity index (χ1n) is 7.84. The Morgan fingerprint density at radius 1 is 1.17 bits per heavy atom. The molecule has 0 saturated carbocycles. The molecule has 0 radical (unpaired) electrons. The molecule has 0 aromatic heterocycles. The number of hydrogen-bond donors (Lipinski definition) is 4. The van der Waals surface area contributed by atoms with Crippen LogP contribution < -0.4 is 21.3 Å². The van der Waals surface area contributed by atoms with Crippen LogP contribution in [0.5, 0.6) is 0 Å². The molecule has 2 atom stereocenters. The van der Waals surface area contributed by atoms with Crippen molar-refractivity contribution in [3.8, 4) is 0 Å². The largest absolute Gasteiger partial charge is 0.374 e. The molecule has 0 bridgehead atoms. The molecular formula is C16H20N4O3. The van der Waals surface area contributed by atoms with E-state index in [0.717, 1.165) is 18.7 Å². The van der Waals surface area contributed by atoms with Gasteiger partial charge in [-0.2, -0.15) is 0 Å². The Labute approximate surface area is 134 Å². The molecular weight excluding hydrogens is 296 g/mol. The molecule has 3 rings (SSSR count). The summed E-state index contributed by atoms with van der Waals surface area (Å²) in [5.74, 6) is -0.540. The van der Waals surface area contributed by atoms with Crippen LogP contribution in [0.15, 0.2) is 24.3 Å². The number of carbonyl (C=O) groups excluding carboxylic acids is 3. The van der Waals surface area contributed by atoms with Crippen molar-refractivity contribution in [1.82, 2.24) is 10.6 Å². The Morgan fingerprint density at radius 3 is 2.74 bits per heavy atom. The van der Waals surface area contributed by atoms with Crippen LogP contribution in [-0.2, 0) is 14.4 Å². The van der Waals surface area contributed by atoms with Gasteiger partial charge in [0.2, 0.25) is 17.7 Å². The minimum absolute atomic E-state index is 0.00162. The van der Waals surface area contributed by atoms with E-state index in [0.29, 0.717) is 25.1 Å². The predicted molar refractivity (Wildman–Crippen MR) is 85.8 cm³/mol. The predicted octanol–water partition coefficient (Wildman–Crippen LogP) is 0.452. The van der Waals surface area contributed by atoms with Crippen molar-refractivity contribution < 1.29 is 14.4 Å². The van der Waals surface area contributed by atoms with Gasteiger partial charge >= 0.3 is 0 Å². The molecule has 122 valence electrons. The topological polar surface area (TPSA) is 99.3 Å². The highest BCUT2D eigenvalue weighted by atomic mass is 16.2. The number of rotatable bonds is 4. The fraction of sp³-hybridized carbons (Fsp3) is 0.438. The molecule has 2 saturated heterocycles. The van der Waals surface area contributed by atoms with Crippen LogP contribution in [0, 0.1) is 5.92 Å². The monoisotopic (exact) mass is 316 g/mol. The Hall–Kier alpha value is -2.41. The Kier molecular flexibility index (Phi) is 4.57. The van der Waals surface area contributed by atoms with Crippen molar-refractivity contribution in [3.63, 3.8) is 0 Å². The number of nitrogens with one attached hydrogen (secondary N) is 4. The molecule has 0 spiro atoms. The maximum Gasteiger partial charge on any atom is 0.249 e. The zero-order valence-corrected chi connectivity index (χ0v) is 12.7. The van der Waals surface area contributed by atoms with Gasteiger partial charge in [0, 0.05) is 24.3 Å². The highest BCUT2D eigenvalue weighted by Crippen LogP contribution is 2.19. The second-order valence-corrected chi connectivity index (χ2v) is 5.91. The highest BCUT2D eigenvalue weighted by Gasteiger charge is 2.26. The molecule has 23 heavy (non-hydrogen) atoms. The second kappa shape index (κ2) is 6.78. The zero-order valence-electron chi connectivity index (χ0n) is 12.7. The molecule has 1 aromatic rings. The maximum atomic E-state index is 12.1. The van der Waals surface area contributed by atoms with Gasteiger partial charge in [-0.3, -0.25) is 19.7 Å². The lowest BCUT2D eigenvalue weighted by molar-refractivity contribution is -0.133. The maximum absolute atomic E-state index is 12.1. The Bertz CT molecular complexity index is 626. The van der Waals surface area contributed by atoms with Crippen molar-refractivity contribution in [2.45, 2.75) is 25.3 Å². The lowest BCUT2D eigenvalue weighted by Crippen LogP contribution is -2.47. The van der Waals surface area contributed by atoms with Crippen LogP contribution in [0.1, 0.15) is 19.3 Å². The third kappa shape index (κ3) is 3.87. The second-order valence-electron chi connectivity index (χ2n) is 5.91. The number of hydrogen-bond acceptors (Lipinski definition) is 5. The minimum Gasteiger partial charge on any atom is -0.374 e. The van der Waals surface area contributed by atoms with Crippen LogP contribution in [0.25, 0.3) is 0 Å². The number of benzene rings is 1. The van der Waals surface area contributed by atoms with E-state index in [1.807, 2.05) is 18.2 Å². The van der Waals surface area contributed by atoms with Crippen molar-refractivity contribution in [2.24, 2.45) is 5.92 Å². The summed E-state index contributed by atoms with van der Waals surface area (Å²) in [5, 5.41) is 11.5. The molecule has 2 aliphatic heterocycles. The van der Waals surface area contributed by atoms with Crippen LogP contribution in [-0.4, -0.2) is 36.9 Å². The molecule has 2 unspecified atom stereocenters. The average Bonchev–Trinajstić information content (AvgIpc) is 3.05. The number of anilines is 2. The summed E-state index contributed by atoms with van der Waals surface area (Å²) in [4.78, 5) is 35.1. The van der Waals surface area contributed by atoms with E-state index < -0.39 is 6.04 Å².